The van der Waals surface area contributed by atoms with Crippen LogP contribution in [0.2, 0.25) is 0 Å². The molecule has 1 atom stereocenters. The Morgan fingerprint density at radius 3 is 2.40 bits per heavy atom. The fraction of sp³-hybridized carbons (Fsp3) is 0.404. The smallest absolute Gasteiger partial charge is 0.255 e. The molecule has 8 heterocycles. The van der Waals surface area contributed by atoms with E-state index in [9.17, 15) is 27.6 Å². The monoisotopic (exact) mass is 930 g/mol. The summed E-state index contributed by atoms with van der Waals surface area (Å²) in [4.78, 5) is 73.7. The second kappa shape index (κ2) is 16.8. The van der Waals surface area contributed by atoms with Crippen LogP contribution in [0.15, 0.2) is 66.9 Å². The van der Waals surface area contributed by atoms with Crippen LogP contribution in [-0.2, 0) is 37.4 Å². The van der Waals surface area contributed by atoms with E-state index in [-0.39, 0.29) is 41.8 Å². The zero-order chi connectivity index (χ0) is 46.1. The number of anilines is 7. The predicted molar refractivity (Wildman–Crippen MR) is 251 cm³/mol. The maximum Gasteiger partial charge on any atom is 0.255 e. The van der Waals surface area contributed by atoms with E-state index in [0.717, 1.165) is 42.7 Å². The summed E-state index contributed by atoms with van der Waals surface area (Å²) in [5.74, 6) is -0.546. The number of benzene rings is 3. The molecular formula is C47H51FN12O6S. The fourth-order valence-electron chi connectivity index (χ4n) is 10.7. The lowest BCUT2D eigenvalue weighted by atomic mass is 9.96. The molecule has 1 unspecified atom stereocenters. The topological polar surface area (TPSA) is 200 Å². The third-order valence-electron chi connectivity index (χ3n) is 14.3. The summed E-state index contributed by atoms with van der Waals surface area (Å²) < 4.78 is 42.5. The van der Waals surface area contributed by atoms with Crippen molar-refractivity contribution >= 4 is 84.9 Å². The van der Waals surface area contributed by atoms with Crippen molar-refractivity contribution in [2.24, 2.45) is 5.92 Å². The van der Waals surface area contributed by atoms with E-state index in [1.807, 2.05) is 53.4 Å². The molecule has 4 fully saturated rings. The number of halogens is 1. The average Bonchev–Trinajstić information content (AvgIpc) is 4.04. The van der Waals surface area contributed by atoms with Gasteiger partial charge in [-0.3, -0.25) is 33.7 Å². The molecule has 67 heavy (non-hydrogen) atoms. The van der Waals surface area contributed by atoms with Crippen LogP contribution in [0.5, 0.6) is 0 Å². The van der Waals surface area contributed by atoms with Gasteiger partial charge in [0, 0.05) is 101 Å². The standard InChI is InChI=1S/C47H51FN12O6S/c1-67(65,66)60-18-12-28-3-2-4-37(41(28)60)51-43-34-11-15-49-42(34)53-47(54-43)50-31-6-8-38(36(48)23-31)56-16-13-32(14-17-56)55-19-21-57(22-20-55)45(63)30-25-58(26-30)33-7-5-29-27-59(46(64)35(29)24-33)39-9-10-40(61)52-44(39)62/h2-8,11,15,23-24,30,32,39H,9-10,12-14,16-22,25-27H2,1H3,(H,52,61,62)(H3,49,50,51,53,54). The number of aromatic nitrogens is 3. The largest absolute Gasteiger partial charge is 0.370 e. The molecule has 6 aliphatic heterocycles. The van der Waals surface area contributed by atoms with Gasteiger partial charge in [0.15, 0.2) is 0 Å². The number of imide groups is 1. The van der Waals surface area contributed by atoms with Crippen LogP contribution in [0.1, 0.15) is 47.2 Å². The number of para-hydroxylation sites is 1. The number of nitrogens with zero attached hydrogens (tertiary/aromatic N) is 8. The summed E-state index contributed by atoms with van der Waals surface area (Å²) in [6.45, 7) is 6.18. The van der Waals surface area contributed by atoms with Crippen LogP contribution in [0.25, 0.3) is 11.0 Å². The number of sulfonamides is 1. The molecule has 0 bridgehead atoms. The molecule has 0 radical (unpaired) electrons. The minimum atomic E-state index is -3.48. The van der Waals surface area contributed by atoms with Crippen LogP contribution in [0.3, 0.4) is 0 Å². The molecule has 6 aliphatic rings. The van der Waals surface area contributed by atoms with Crippen molar-refractivity contribution in [3.8, 4) is 0 Å². The molecule has 18 nitrogen and oxygen atoms in total. The molecule has 3 aromatic carbocycles. The second-order valence-corrected chi connectivity index (χ2v) is 20.3. The molecule has 0 spiro atoms. The Hall–Kier alpha value is -6.80. The van der Waals surface area contributed by atoms with Gasteiger partial charge in [-0.05, 0) is 79.3 Å². The van der Waals surface area contributed by atoms with Gasteiger partial charge in [0.25, 0.3) is 5.91 Å². The number of hydrogen-bond donors (Lipinski definition) is 4. The lowest BCUT2D eigenvalue weighted by molar-refractivity contribution is -0.139. The highest BCUT2D eigenvalue weighted by Gasteiger charge is 2.41. The third kappa shape index (κ3) is 8.04. The van der Waals surface area contributed by atoms with E-state index in [0.29, 0.717) is 116 Å². The Bertz CT molecular complexity index is 2940. The molecular weight excluding hydrogens is 880 g/mol. The summed E-state index contributed by atoms with van der Waals surface area (Å²) >= 11 is 0. The minimum absolute atomic E-state index is 0.114. The molecule has 348 valence electrons. The molecule has 20 heteroatoms. The van der Waals surface area contributed by atoms with Crippen LogP contribution >= 0.6 is 0 Å². The summed E-state index contributed by atoms with van der Waals surface area (Å²) in [5, 5.41) is 9.57. The minimum Gasteiger partial charge on any atom is -0.370 e. The number of piperidine rings is 2. The van der Waals surface area contributed by atoms with Crippen molar-refractivity contribution in [2.45, 2.75) is 50.7 Å². The summed E-state index contributed by atoms with van der Waals surface area (Å²) in [7, 11) is -3.48. The van der Waals surface area contributed by atoms with Gasteiger partial charge in [-0.2, -0.15) is 9.97 Å². The first-order valence-corrected chi connectivity index (χ1v) is 24.8. The van der Waals surface area contributed by atoms with Crippen molar-refractivity contribution in [1.82, 2.24) is 35.0 Å². The Balaban J connectivity index is 0.658. The van der Waals surface area contributed by atoms with Crippen LogP contribution < -0.4 is 30.1 Å². The molecule has 0 saturated carbocycles. The third-order valence-corrected chi connectivity index (χ3v) is 15.4. The molecule has 0 aliphatic carbocycles. The van der Waals surface area contributed by atoms with Crippen molar-refractivity contribution < 1.29 is 32.0 Å². The fourth-order valence-corrected chi connectivity index (χ4v) is 11.6. The van der Waals surface area contributed by atoms with Gasteiger partial charge in [-0.15, -0.1) is 0 Å². The SMILES string of the molecule is CS(=O)(=O)N1CCc2cccc(Nc3nc(Nc4ccc(N5CCC(N6CCN(C(=O)C7CN(c8ccc9c(c8)C(=O)N(C8CCC(=O)NC8=O)C9)C7)CC6)CC5)c(F)c4)nc4[nH]ccc34)c21. The van der Waals surface area contributed by atoms with Gasteiger partial charge in [0.05, 0.1) is 34.6 Å². The van der Waals surface area contributed by atoms with Gasteiger partial charge < -0.3 is 35.2 Å². The number of hydrogen-bond acceptors (Lipinski definition) is 13. The Morgan fingerprint density at radius 1 is 0.836 bits per heavy atom. The lowest BCUT2D eigenvalue weighted by Crippen LogP contribution is -2.59. The Kier molecular flexibility index (Phi) is 10.7. The van der Waals surface area contributed by atoms with Gasteiger partial charge in [0.1, 0.15) is 23.3 Å². The predicted octanol–water partition coefficient (Wildman–Crippen LogP) is 3.92. The van der Waals surface area contributed by atoms with E-state index in [1.54, 1.807) is 17.2 Å². The summed E-state index contributed by atoms with van der Waals surface area (Å²) in [6, 6.07) is 18.0. The van der Waals surface area contributed by atoms with Gasteiger partial charge in [-0.1, -0.05) is 18.2 Å². The number of rotatable bonds is 10. The van der Waals surface area contributed by atoms with Crippen LogP contribution in [-0.4, -0.2) is 139 Å². The number of amides is 4. The van der Waals surface area contributed by atoms with Gasteiger partial charge in [-0.25, -0.2) is 12.8 Å². The Morgan fingerprint density at radius 2 is 1.64 bits per heavy atom. The number of piperazine rings is 1. The zero-order valence-corrected chi connectivity index (χ0v) is 37.8. The van der Waals surface area contributed by atoms with Crippen molar-refractivity contribution in [3.63, 3.8) is 0 Å². The van der Waals surface area contributed by atoms with Crippen molar-refractivity contribution in [2.75, 3.05) is 89.9 Å². The molecule has 2 aromatic heterocycles. The normalized spacial score (nSPS) is 20.6. The maximum absolute atomic E-state index is 15.8. The van der Waals surface area contributed by atoms with E-state index in [1.165, 1.54) is 16.6 Å². The number of nitrogens with one attached hydrogen (secondary N) is 4. The highest BCUT2D eigenvalue weighted by Crippen LogP contribution is 2.40. The van der Waals surface area contributed by atoms with Crippen LogP contribution in [0.4, 0.5) is 44.6 Å². The van der Waals surface area contributed by atoms with Crippen molar-refractivity contribution in [3.05, 3.63) is 89.4 Å². The number of carbonyl (C=O) groups is 4. The van der Waals surface area contributed by atoms with Gasteiger partial charge >= 0.3 is 0 Å². The molecule has 4 saturated heterocycles. The highest BCUT2D eigenvalue weighted by molar-refractivity contribution is 7.92. The van der Waals surface area contributed by atoms with E-state index < -0.39 is 22.0 Å². The zero-order valence-electron chi connectivity index (χ0n) is 37.0. The first kappa shape index (κ1) is 42.8. The molecule has 4 amide bonds. The average molecular weight is 931 g/mol. The second-order valence-electron chi connectivity index (χ2n) is 18.4. The molecule has 4 N–H and O–H groups in total. The van der Waals surface area contributed by atoms with Crippen molar-refractivity contribution in [1.29, 1.82) is 0 Å². The number of fused-ring (bicyclic) bond motifs is 3. The van der Waals surface area contributed by atoms with E-state index >= 15 is 4.39 Å². The molecule has 5 aromatic rings. The Labute approximate surface area is 386 Å². The maximum atomic E-state index is 15.8. The first-order valence-electron chi connectivity index (χ1n) is 22.9. The summed E-state index contributed by atoms with van der Waals surface area (Å²) in [5.41, 5.74) is 6.02. The summed E-state index contributed by atoms with van der Waals surface area (Å²) in [6.07, 6.45) is 5.86. The van der Waals surface area contributed by atoms with Gasteiger partial charge in [0.2, 0.25) is 33.7 Å². The molecule has 11 rings (SSSR count). The first-order chi connectivity index (χ1) is 32.3. The van der Waals surface area contributed by atoms with E-state index in [2.05, 4.69) is 40.6 Å². The van der Waals surface area contributed by atoms with E-state index in [4.69, 9.17) is 4.98 Å². The number of aromatic amines is 1. The van der Waals surface area contributed by atoms with Crippen LogP contribution in [0, 0.1) is 11.7 Å². The highest BCUT2D eigenvalue weighted by atomic mass is 32.2. The lowest BCUT2D eigenvalue weighted by Gasteiger charge is -2.46. The number of H-pyrrole nitrogens is 1. The number of carbonyl (C=O) groups excluding carboxylic acids is 4. The quantitative estimate of drug-likeness (QED) is 0.147.